The molecule has 1 amide bonds. The molecule has 106 valence electrons. The Morgan fingerprint density at radius 3 is 2.95 bits per heavy atom. The van der Waals surface area contributed by atoms with E-state index in [0.717, 1.165) is 11.5 Å². The van der Waals surface area contributed by atoms with Gasteiger partial charge in [0, 0.05) is 23.9 Å². The number of hydrogen-bond donors (Lipinski definition) is 0. The minimum Gasteiger partial charge on any atom is -0.305 e. The maximum absolute atomic E-state index is 12.3. The van der Waals surface area contributed by atoms with Crippen molar-refractivity contribution in [2.45, 2.75) is 29.5 Å². The molecule has 2 aliphatic heterocycles. The molecule has 0 aromatic heterocycles. The zero-order valence-electron chi connectivity index (χ0n) is 12.0. The van der Waals surface area contributed by atoms with Crippen LogP contribution in [-0.2, 0) is 4.79 Å². The molecule has 0 spiro atoms. The van der Waals surface area contributed by atoms with Crippen LogP contribution in [0.25, 0.3) is 0 Å². The lowest BCUT2D eigenvalue weighted by Crippen LogP contribution is -2.42. The number of likely N-dealkylation sites (N-methyl/N-ethyl adjacent to an activating group) is 1. The Morgan fingerprint density at radius 1 is 1.45 bits per heavy atom. The highest BCUT2D eigenvalue weighted by molar-refractivity contribution is 8.01. The smallest absolute Gasteiger partial charge is 0.229 e. The number of aliphatic imine (C=N–C) groups is 1. The molecule has 5 heteroatoms. The lowest BCUT2D eigenvalue weighted by molar-refractivity contribution is -0.126. The second-order valence-corrected chi connectivity index (χ2v) is 6.81. The Morgan fingerprint density at radius 2 is 2.20 bits per heavy atom. The van der Waals surface area contributed by atoms with E-state index in [9.17, 15) is 4.79 Å². The first-order valence-electron chi connectivity index (χ1n) is 6.87. The van der Waals surface area contributed by atoms with Gasteiger partial charge in [-0.3, -0.25) is 9.69 Å². The van der Waals surface area contributed by atoms with Crippen molar-refractivity contribution < 1.29 is 4.79 Å². The molecule has 1 fully saturated rings. The summed E-state index contributed by atoms with van der Waals surface area (Å²) in [5, 5.41) is 0.187. The number of benzene rings is 1. The van der Waals surface area contributed by atoms with Crippen molar-refractivity contribution in [3.8, 4) is 0 Å². The number of carbonyl (C=O) groups excluding carboxylic acids is 1. The molecule has 2 unspecified atom stereocenters. The summed E-state index contributed by atoms with van der Waals surface area (Å²) in [5.41, 5.74) is 0.987. The molecule has 1 saturated heterocycles. The van der Waals surface area contributed by atoms with Crippen LogP contribution >= 0.6 is 11.8 Å². The van der Waals surface area contributed by atoms with E-state index in [1.165, 1.54) is 4.90 Å². The quantitative estimate of drug-likeness (QED) is 0.857. The van der Waals surface area contributed by atoms with Gasteiger partial charge in [0.25, 0.3) is 0 Å². The first-order valence-corrected chi connectivity index (χ1v) is 7.75. The lowest BCUT2D eigenvalue weighted by atomic mass is 10.3. The molecule has 0 radical (unpaired) electrons. The summed E-state index contributed by atoms with van der Waals surface area (Å²) in [4.78, 5) is 22.2. The van der Waals surface area contributed by atoms with Gasteiger partial charge in [-0.15, -0.1) is 11.8 Å². The zero-order valence-corrected chi connectivity index (χ0v) is 12.9. The van der Waals surface area contributed by atoms with Crippen LogP contribution in [0.5, 0.6) is 0 Å². The Balaban J connectivity index is 1.89. The molecule has 3 rings (SSSR count). The average Bonchev–Trinajstić information content (AvgIpc) is 2.72. The fourth-order valence-corrected chi connectivity index (χ4v) is 3.65. The average molecular weight is 289 g/mol. The second-order valence-electron chi connectivity index (χ2n) is 5.57. The number of rotatable bonds is 3. The van der Waals surface area contributed by atoms with Crippen LogP contribution in [0.2, 0.25) is 0 Å². The van der Waals surface area contributed by atoms with Gasteiger partial charge in [0.1, 0.15) is 5.84 Å². The fraction of sp³-hybridized carbons (Fsp3) is 0.467. The van der Waals surface area contributed by atoms with E-state index in [2.05, 4.69) is 17.9 Å². The highest BCUT2D eigenvalue weighted by atomic mass is 32.2. The molecule has 1 aromatic rings. The summed E-state index contributed by atoms with van der Waals surface area (Å²) < 4.78 is 0. The van der Waals surface area contributed by atoms with Crippen LogP contribution in [0.15, 0.2) is 34.2 Å². The normalized spacial score (nSPS) is 22.6. The van der Waals surface area contributed by atoms with E-state index in [1.807, 2.05) is 37.2 Å². The molecule has 4 nitrogen and oxygen atoms in total. The topological polar surface area (TPSA) is 35.9 Å². The maximum Gasteiger partial charge on any atom is 0.229 e. The van der Waals surface area contributed by atoms with Gasteiger partial charge in [0.2, 0.25) is 5.91 Å². The number of likely N-dealkylation sites (tertiary alicyclic amines) is 1. The van der Waals surface area contributed by atoms with Gasteiger partial charge >= 0.3 is 0 Å². The van der Waals surface area contributed by atoms with Crippen molar-refractivity contribution in [1.29, 1.82) is 0 Å². The molecule has 0 aliphatic carbocycles. The van der Waals surface area contributed by atoms with Gasteiger partial charge in [0.05, 0.1) is 10.9 Å². The van der Waals surface area contributed by atoms with Crippen molar-refractivity contribution in [3.05, 3.63) is 24.3 Å². The lowest BCUT2D eigenvalue weighted by Gasteiger charge is -2.28. The number of para-hydroxylation sites is 1. The molecular formula is C15H19N3OS. The molecule has 1 aromatic carbocycles. The van der Waals surface area contributed by atoms with E-state index >= 15 is 0 Å². The standard InChI is InChI=1S/C15H19N3OS/c1-10(17(2)3)9-18-14(19)8-13-15(18)16-11-6-4-5-7-12(11)20-13/h4-7,10,13H,8-9H2,1-3H3. The van der Waals surface area contributed by atoms with E-state index < -0.39 is 0 Å². The summed E-state index contributed by atoms with van der Waals surface area (Å²) in [6.07, 6.45) is 0.567. The monoisotopic (exact) mass is 289 g/mol. The molecule has 2 atom stereocenters. The highest BCUT2D eigenvalue weighted by Gasteiger charge is 2.40. The molecule has 2 aliphatic rings. The first kappa shape index (κ1) is 13.6. The summed E-state index contributed by atoms with van der Waals surface area (Å²) in [7, 11) is 4.07. The van der Waals surface area contributed by atoms with Gasteiger partial charge in [-0.1, -0.05) is 12.1 Å². The van der Waals surface area contributed by atoms with Crippen LogP contribution in [-0.4, -0.2) is 53.5 Å². The largest absolute Gasteiger partial charge is 0.305 e. The number of hydrogen-bond acceptors (Lipinski definition) is 4. The predicted molar refractivity (Wildman–Crippen MR) is 82.7 cm³/mol. The summed E-state index contributed by atoms with van der Waals surface area (Å²) in [6, 6.07) is 8.43. The van der Waals surface area contributed by atoms with E-state index in [0.29, 0.717) is 19.0 Å². The molecule has 2 heterocycles. The predicted octanol–water partition coefficient (Wildman–Crippen LogP) is 2.37. The van der Waals surface area contributed by atoms with Crippen LogP contribution < -0.4 is 0 Å². The van der Waals surface area contributed by atoms with Gasteiger partial charge in [-0.05, 0) is 33.2 Å². The molecule has 0 bridgehead atoms. The number of carbonyl (C=O) groups is 1. The number of fused-ring (bicyclic) bond motifs is 2. The third-order valence-electron chi connectivity index (χ3n) is 3.92. The van der Waals surface area contributed by atoms with Crippen LogP contribution in [0.3, 0.4) is 0 Å². The number of nitrogens with zero attached hydrogens (tertiary/aromatic N) is 3. The van der Waals surface area contributed by atoms with Crippen molar-refractivity contribution in [1.82, 2.24) is 9.80 Å². The highest BCUT2D eigenvalue weighted by Crippen LogP contribution is 2.42. The van der Waals surface area contributed by atoms with Crippen LogP contribution in [0.1, 0.15) is 13.3 Å². The minimum absolute atomic E-state index is 0.187. The van der Waals surface area contributed by atoms with Crippen molar-refractivity contribution in [2.75, 3.05) is 20.6 Å². The summed E-state index contributed by atoms with van der Waals surface area (Å²) >= 11 is 1.76. The van der Waals surface area contributed by atoms with Crippen LogP contribution in [0, 0.1) is 0 Å². The zero-order chi connectivity index (χ0) is 14.3. The van der Waals surface area contributed by atoms with Gasteiger partial charge in [0.15, 0.2) is 0 Å². The first-order chi connectivity index (χ1) is 9.56. The second kappa shape index (κ2) is 5.22. The Labute approximate surface area is 123 Å². The summed E-state index contributed by atoms with van der Waals surface area (Å²) in [5.74, 6) is 1.13. The van der Waals surface area contributed by atoms with Crippen molar-refractivity contribution in [3.63, 3.8) is 0 Å². The van der Waals surface area contributed by atoms with Gasteiger partial charge in [-0.25, -0.2) is 4.99 Å². The molecule has 20 heavy (non-hydrogen) atoms. The number of amidine groups is 1. The SMILES string of the molecule is CC(CN1C(=O)CC2Sc3ccccc3N=C21)N(C)C. The Bertz CT molecular complexity index is 570. The Kier molecular flexibility index (Phi) is 3.56. The fourth-order valence-electron chi connectivity index (χ4n) is 2.44. The van der Waals surface area contributed by atoms with E-state index in [1.54, 1.807) is 11.8 Å². The number of thioether (sulfide) groups is 1. The van der Waals surface area contributed by atoms with E-state index in [4.69, 9.17) is 4.99 Å². The van der Waals surface area contributed by atoms with Crippen molar-refractivity contribution >= 4 is 29.2 Å². The number of amides is 1. The third-order valence-corrected chi connectivity index (χ3v) is 5.18. The van der Waals surface area contributed by atoms with Crippen LogP contribution in [0.4, 0.5) is 5.69 Å². The molecule has 0 saturated carbocycles. The third kappa shape index (κ3) is 2.36. The Hall–Kier alpha value is -1.33. The maximum atomic E-state index is 12.3. The van der Waals surface area contributed by atoms with Crippen molar-refractivity contribution in [2.24, 2.45) is 4.99 Å². The minimum atomic E-state index is 0.187. The molecular weight excluding hydrogens is 270 g/mol. The molecule has 0 N–H and O–H groups in total. The summed E-state index contributed by atoms with van der Waals surface area (Å²) in [6.45, 7) is 2.84. The van der Waals surface area contributed by atoms with Gasteiger partial charge < -0.3 is 4.90 Å². The van der Waals surface area contributed by atoms with Gasteiger partial charge in [-0.2, -0.15) is 0 Å². The van der Waals surface area contributed by atoms with E-state index in [-0.39, 0.29) is 11.2 Å².